The van der Waals surface area contributed by atoms with E-state index in [0.29, 0.717) is 12.1 Å². The van der Waals surface area contributed by atoms with Gasteiger partial charge in [-0.2, -0.15) is 25.2 Å². The largest absolute Gasteiger partial charge is 0.350 e. The molecule has 0 aliphatic heterocycles. The number of thiophene rings is 1. The van der Waals surface area contributed by atoms with Gasteiger partial charge in [-0.25, -0.2) is 0 Å². The highest BCUT2D eigenvalue weighted by Crippen LogP contribution is 2.20. The van der Waals surface area contributed by atoms with Crippen LogP contribution in [0.15, 0.2) is 53.5 Å². The Morgan fingerprint density at radius 1 is 1.25 bits per heavy atom. The number of hydrogen-bond donors (Lipinski definition) is 1. The van der Waals surface area contributed by atoms with Crippen LogP contribution in [0.1, 0.15) is 22.0 Å². The van der Waals surface area contributed by atoms with Crippen molar-refractivity contribution in [1.29, 1.82) is 0 Å². The Bertz CT molecular complexity index is 912. The molecule has 0 fully saturated rings. The summed E-state index contributed by atoms with van der Waals surface area (Å²) in [4.78, 5) is 12.5. The smallest absolute Gasteiger partial charge is 0.251 e. The number of nitrogens with zero attached hydrogens (tertiary/aromatic N) is 4. The SMILES string of the molecule is O=C(NC[C@@H](c1ccsc1)n1cccn1)c1ccc2nsnc2c1. The number of rotatable bonds is 5. The highest BCUT2D eigenvalue weighted by molar-refractivity contribution is 7.08. The minimum Gasteiger partial charge on any atom is -0.350 e. The number of amides is 1. The zero-order chi connectivity index (χ0) is 16.4. The third kappa shape index (κ3) is 2.93. The van der Waals surface area contributed by atoms with Gasteiger partial charge in [0.25, 0.3) is 5.91 Å². The Labute approximate surface area is 146 Å². The van der Waals surface area contributed by atoms with E-state index in [0.717, 1.165) is 28.3 Å². The van der Waals surface area contributed by atoms with E-state index in [4.69, 9.17) is 0 Å². The average molecular weight is 355 g/mol. The van der Waals surface area contributed by atoms with Gasteiger partial charge in [0.1, 0.15) is 11.0 Å². The summed E-state index contributed by atoms with van der Waals surface area (Å²) in [6.07, 6.45) is 3.64. The molecule has 0 bridgehead atoms. The van der Waals surface area contributed by atoms with E-state index >= 15 is 0 Å². The summed E-state index contributed by atoms with van der Waals surface area (Å²) in [5, 5.41) is 11.4. The van der Waals surface area contributed by atoms with Crippen molar-refractivity contribution >= 4 is 40.0 Å². The normalized spacial score (nSPS) is 12.3. The first kappa shape index (κ1) is 15.0. The van der Waals surface area contributed by atoms with Crippen LogP contribution < -0.4 is 5.32 Å². The molecule has 4 rings (SSSR count). The standard InChI is InChI=1S/C16H13N5OS2/c22-16(11-2-3-13-14(8-11)20-24-19-13)17-9-15(12-4-7-23-10-12)21-6-1-5-18-21/h1-8,10,15H,9H2,(H,17,22)/t15-/m0/s1. The van der Waals surface area contributed by atoms with Crippen LogP contribution in [0.25, 0.3) is 11.0 Å². The molecule has 0 aliphatic rings. The third-order valence-electron chi connectivity index (χ3n) is 3.74. The lowest BCUT2D eigenvalue weighted by atomic mass is 10.1. The van der Waals surface area contributed by atoms with E-state index < -0.39 is 0 Å². The van der Waals surface area contributed by atoms with Crippen LogP contribution in [-0.4, -0.2) is 31.0 Å². The molecule has 24 heavy (non-hydrogen) atoms. The van der Waals surface area contributed by atoms with Crippen LogP contribution >= 0.6 is 23.1 Å². The molecule has 6 nitrogen and oxygen atoms in total. The van der Waals surface area contributed by atoms with Crippen LogP contribution in [0.5, 0.6) is 0 Å². The van der Waals surface area contributed by atoms with Gasteiger partial charge in [-0.1, -0.05) is 0 Å². The van der Waals surface area contributed by atoms with Gasteiger partial charge in [0.2, 0.25) is 0 Å². The van der Waals surface area contributed by atoms with Gasteiger partial charge in [-0.3, -0.25) is 9.48 Å². The Balaban J connectivity index is 1.52. The zero-order valence-electron chi connectivity index (χ0n) is 12.5. The van der Waals surface area contributed by atoms with Crippen LogP contribution in [0, 0.1) is 0 Å². The Morgan fingerprint density at radius 2 is 2.17 bits per heavy atom. The van der Waals surface area contributed by atoms with Crippen molar-refractivity contribution in [3.05, 3.63) is 64.6 Å². The summed E-state index contributed by atoms with van der Waals surface area (Å²) in [7, 11) is 0. The van der Waals surface area contributed by atoms with Gasteiger partial charge in [0.05, 0.1) is 17.8 Å². The third-order valence-corrected chi connectivity index (χ3v) is 5.00. The molecule has 8 heteroatoms. The molecular weight excluding hydrogens is 342 g/mol. The van der Waals surface area contributed by atoms with E-state index in [1.165, 1.54) is 0 Å². The minimum atomic E-state index is -0.128. The first-order valence-electron chi connectivity index (χ1n) is 7.33. The Morgan fingerprint density at radius 3 is 2.96 bits per heavy atom. The maximum atomic E-state index is 12.5. The van der Waals surface area contributed by atoms with E-state index in [-0.39, 0.29) is 11.9 Å². The number of nitrogens with one attached hydrogen (secondary N) is 1. The molecule has 0 radical (unpaired) electrons. The highest BCUT2D eigenvalue weighted by Gasteiger charge is 2.16. The van der Waals surface area contributed by atoms with Crippen molar-refractivity contribution in [3.63, 3.8) is 0 Å². The number of aromatic nitrogens is 4. The molecule has 1 amide bonds. The highest BCUT2D eigenvalue weighted by atomic mass is 32.1. The minimum absolute atomic E-state index is 0.0279. The van der Waals surface area contributed by atoms with Gasteiger partial charge in [0.15, 0.2) is 0 Å². The van der Waals surface area contributed by atoms with Crippen molar-refractivity contribution < 1.29 is 4.79 Å². The predicted molar refractivity (Wildman–Crippen MR) is 94.4 cm³/mol. The van der Waals surface area contributed by atoms with Gasteiger partial charge < -0.3 is 5.32 Å². The average Bonchev–Trinajstić information content (AvgIpc) is 3.36. The van der Waals surface area contributed by atoms with Crippen molar-refractivity contribution in [2.45, 2.75) is 6.04 Å². The van der Waals surface area contributed by atoms with Crippen molar-refractivity contribution in [1.82, 2.24) is 23.8 Å². The number of carbonyl (C=O) groups is 1. The summed E-state index contributed by atoms with van der Waals surface area (Å²) in [5.41, 5.74) is 3.27. The molecule has 1 atom stereocenters. The number of carbonyl (C=O) groups excluding carboxylic acids is 1. The lowest BCUT2D eigenvalue weighted by Crippen LogP contribution is -2.31. The number of benzene rings is 1. The molecule has 0 saturated carbocycles. The second-order valence-corrected chi connectivity index (χ2v) is 6.54. The quantitative estimate of drug-likeness (QED) is 0.597. The Hall–Kier alpha value is -2.58. The molecule has 1 aromatic carbocycles. The van der Waals surface area contributed by atoms with Crippen molar-refractivity contribution in [2.24, 2.45) is 0 Å². The molecule has 0 unspecified atom stereocenters. The van der Waals surface area contributed by atoms with Gasteiger partial charge in [-0.15, -0.1) is 0 Å². The maximum absolute atomic E-state index is 12.5. The molecular formula is C16H13N5OS2. The molecule has 120 valence electrons. The second kappa shape index (κ2) is 6.50. The van der Waals surface area contributed by atoms with Gasteiger partial charge in [0, 0.05) is 24.5 Å². The second-order valence-electron chi connectivity index (χ2n) is 5.24. The molecule has 4 aromatic rings. The molecule has 3 aromatic heterocycles. The van der Waals surface area contributed by atoms with E-state index in [9.17, 15) is 4.79 Å². The molecule has 0 saturated heterocycles. The fourth-order valence-corrected chi connectivity index (χ4v) is 3.73. The predicted octanol–water partition coefficient (Wildman–Crippen LogP) is 2.97. The van der Waals surface area contributed by atoms with Crippen LogP contribution in [-0.2, 0) is 0 Å². The summed E-state index contributed by atoms with van der Waals surface area (Å²) >= 11 is 2.78. The van der Waals surface area contributed by atoms with E-state index in [1.807, 2.05) is 28.4 Å². The molecule has 3 heterocycles. The molecule has 0 spiro atoms. The summed E-state index contributed by atoms with van der Waals surface area (Å²) in [5.74, 6) is -0.128. The number of fused-ring (bicyclic) bond motifs is 1. The van der Waals surface area contributed by atoms with Crippen LogP contribution in [0.2, 0.25) is 0 Å². The maximum Gasteiger partial charge on any atom is 0.251 e. The van der Waals surface area contributed by atoms with Gasteiger partial charge in [-0.05, 0) is 46.7 Å². The summed E-state index contributed by atoms with van der Waals surface area (Å²) < 4.78 is 10.2. The lowest BCUT2D eigenvalue weighted by molar-refractivity contribution is 0.0949. The van der Waals surface area contributed by atoms with Crippen molar-refractivity contribution in [2.75, 3.05) is 6.54 Å². The molecule has 0 aliphatic carbocycles. The zero-order valence-corrected chi connectivity index (χ0v) is 14.1. The topological polar surface area (TPSA) is 72.7 Å². The summed E-state index contributed by atoms with van der Waals surface area (Å²) in [6, 6.07) is 9.26. The van der Waals surface area contributed by atoms with Gasteiger partial charge >= 0.3 is 0 Å². The van der Waals surface area contributed by atoms with Crippen LogP contribution in [0.3, 0.4) is 0 Å². The first-order chi connectivity index (χ1) is 11.8. The summed E-state index contributed by atoms with van der Waals surface area (Å²) in [6.45, 7) is 0.463. The number of hydrogen-bond acceptors (Lipinski definition) is 6. The van der Waals surface area contributed by atoms with Crippen molar-refractivity contribution in [3.8, 4) is 0 Å². The fraction of sp³-hybridized carbons (Fsp3) is 0.125. The monoisotopic (exact) mass is 355 g/mol. The van der Waals surface area contributed by atoms with E-state index in [1.54, 1.807) is 29.7 Å². The molecule has 1 N–H and O–H groups in total. The van der Waals surface area contributed by atoms with E-state index in [2.05, 4.69) is 30.6 Å². The lowest BCUT2D eigenvalue weighted by Gasteiger charge is -2.17. The fourth-order valence-electron chi connectivity index (χ4n) is 2.51. The van der Waals surface area contributed by atoms with Crippen LogP contribution in [0.4, 0.5) is 0 Å². The first-order valence-corrected chi connectivity index (χ1v) is 9.00. The Kier molecular flexibility index (Phi) is 4.06.